The van der Waals surface area contributed by atoms with Crippen molar-refractivity contribution in [2.75, 3.05) is 0 Å². The van der Waals surface area contributed by atoms with Crippen LogP contribution in [0.1, 0.15) is 0 Å². The van der Waals surface area contributed by atoms with E-state index in [1.807, 2.05) is 29.6 Å². The summed E-state index contributed by atoms with van der Waals surface area (Å²) in [4.78, 5) is 8.09. The molecule has 1 aromatic heterocycles. The quantitative estimate of drug-likeness (QED) is 0.591. The lowest BCUT2D eigenvalue weighted by atomic mass is 10.1. The van der Waals surface area contributed by atoms with Crippen LogP contribution in [-0.4, -0.2) is 10.1 Å². The first-order chi connectivity index (χ1) is 7.29. The van der Waals surface area contributed by atoms with Gasteiger partial charge in [0.1, 0.15) is 0 Å². The zero-order chi connectivity index (χ0) is 10.7. The van der Waals surface area contributed by atoms with Gasteiger partial charge in [-0.3, -0.25) is 0 Å². The van der Waals surface area contributed by atoms with E-state index in [2.05, 4.69) is 27.4 Å². The van der Waals surface area contributed by atoms with Crippen molar-refractivity contribution in [3.8, 4) is 11.3 Å². The van der Waals surface area contributed by atoms with E-state index in [0.29, 0.717) is 4.47 Å². The van der Waals surface area contributed by atoms with E-state index < -0.39 is 0 Å². The molecule has 1 aromatic carbocycles. The van der Waals surface area contributed by atoms with Crippen molar-refractivity contribution in [1.82, 2.24) is 4.98 Å². The molecule has 0 spiro atoms. The summed E-state index contributed by atoms with van der Waals surface area (Å²) in [7, 11) is 0. The molecule has 0 saturated carbocycles. The SMILES string of the molecule is S=C=Nc1cccc(-c2csc(Cl)n2)c1. The lowest BCUT2D eigenvalue weighted by molar-refractivity contribution is 1.40. The van der Waals surface area contributed by atoms with Gasteiger partial charge in [0.05, 0.1) is 16.5 Å². The third-order valence-corrected chi connectivity index (χ3v) is 2.86. The van der Waals surface area contributed by atoms with E-state index in [1.54, 1.807) is 0 Å². The lowest BCUT2D eigenvalue weighted by Crippen LogP contribution is -1.76. The number of hydrogen-bond donors (Lipinski definition) is 0. The smallest absolute Gasteiger partial charge is 0.184 e. The van der Waals surface area contributed by atoms with E-state index in [-0.39, 0.29) is 0 Å². The standard InChI is InChI=1S/C10H5ClN2S2/c11-10-13-9(5-15-10)7-2-1-3-8(4-7)12-6-14/h1-5H. The maximum atomic E-state index is 5.77. The average molecular weight is 253 g/mol. The highest BCUT2D eigenvalue weighted by atomic mass is 35.5. The molecular weight excluding hydrogens is 248 g/mol. The van der Waals surface area contributed by atoms with E-state index in [4.69, 9.17) is 11.6 Å². The second-order valence-electron chi connectivity index (χ2n) is 2.74. The number of aromatic nitrogens is 1. The van der Waals surface area contributed by atoms with Crippen molar-refractivity contribution in [3.05, 3.63) is 34.1 Å². The Morgan fingerprint density at radius 2 is 2.33 bits per heavy atom. The molecule has 0 radical (unpaired) electrons. The van der Waals surface area contributed by atoms with Gasteiger partial charge in [0.15, 0.2) is 4.47 Å². The van der Waals surface area contributed by atoms with Gasteiger partial charge in [0.2, 0.25) is 0 Å². The third kappa shape index (κ3) is 2.49. The van der Waals surface area contributed by atoms with Crippen LogP contribution in [-0.2, 0) is 0 Å². The minimum atomic E-state index is 0.536. The summed E-state index contributed by atoms with van der Waals surface area (Å²) in [5.41, 5.74) is 2.60. The molecule has 0 atom stereocenters. The van der Waals surface area contributed by atoms with Gasteiger partial charge in [0, 0.05) is 10.9 Å². The average Bonchev–Trinajstić information content (AvgIpc) is 2.66. The second-order valence-corrected chi connectivity index (χ2v) is 4.36. The van der Waals surface area contributed by atoms with Gasteiger partial charge >= 0.3 is 0 Å². The van der Waals surface area contributed by atoms with Crippen LogP contribution in [0.2, 0.25) is 4.47 Å². The van der Waals surface area contributed by atoms with Crippen molar-refractivity contribution in [1.29, 1.82) is 0 Å². The molecule has 2 nitrogen and oxygen atoms in total. The van der Waals surface area contributed by atoms with E-state index >= 15 is 0 Å². The molecule has 0 unspecified atom stereocenters. The van der Waals surface area contributed by atoms with Crippen LogP contribution in [0.4, 0.5) is 5.69 Å². The Morgan fingerprint density at radius 1 is 1.47 bits per heavy atom. The van der Waals surface area contributed by atoms with Gasteiger partial charge in [-0.15, -0.1) is 11.3 Å². The number of hydrogen-bond acceptors (Lipinski definition) is 4. The molecule has 15 heavy (non-hydrogen) atoms. The molecule has 5 heteroatoms. The van der Waals surface area contributed by atoms with Crippen LogP contribution >= 0.6 is 35.2 Å². The summed E-state index contributed by atoms with van der Waals surface area (Å²) in [5, 5.41) is 4.24. The third-order valence-electron chi connectivity index (χ3n) is 1.79. The molecular formula is C10H5ClN2S2. The second kappa shape index (κ2) is 4.64. The summed E-state index contributed by atoms with van der Waals surface area (Å²) in [5.74, 6) is 0. The van der Waals surface area contributed by atoms with E-state index in [9.17, 15) is 0 Å². The van der Waals surface area contributed by atoms with Crippen molar-refractivity contribution in [2.24, 2.45) is 4.99 Å². The number of thiazole rings is 1. The molecule has 0 fully saturated rings. The van der Waals surface area contributed by atoms with Gasteiger partial charge in [-0.25, -0.2) is 4.98 Å². The predicted molar refractivity (Wildman–Crippen MR) is 67.2 cm³/mol. The first kappa shape index (κ1) is 10.5. The maximum absolute atomic E-state index is 5.77. The maximum Gasteiger partial charge on any atom is 0.184 e. The van der Waals surface area contributed by atoms with Crippen LogP contribution in [0.25, 0.3) is 11.3 Å². The largest absolute Gasteiger partial charge is 0.225 e. The molecule has 0 saturated heterocycles. The monoisotopic (exact) mass is 252 g/mol. The van der Waals surface area contributed by atoms with Crippen molar-refractivity contribution in [3.63, 3.8) is 0 Å². The fraction of sp³-hybridized carbons (Fsp3) is 0. The normalized spacial score (nSPS) is 9.67. The summed E-state index contributed by atoms with van der Waals surface area (Å²) in [6.45, 7) is 0. The van der Waals surface area contributed by atoms with Crippen molar-refractivity contribution < 1.29 is 0 Å². The highest BCUT2D eigenvalue weighted by Crippen LogP contribution is 2.27. The Hall–Kier alpha value is -1.06. The number of benzene rings is 1. The number of thiocarbonyl (C=S) groups is 1. The zero-order valence-corrected chi connectivity index (χ0v) is 9.86. The van der Waals surface area contributed by atoms with Crippen molar-refractivity contribution >= 4 is 46.0 Å². The molecule has 0 N–H and O–H groups in total. The Labute approximate surface area is 101 Å². The molecule has 2 rings (SSSR count). The highest BCUT2D eigenvalue weighted by Gasteiger charge is 2.02. The fourth-order valence-corrected chi connectivity index (χ4v) is 2.05. The van der Waals surface area contributed by atoms with Gasteiger partial charge in [0.25, 0.3) is 0 Å². The Bertz CT molecular complexity index is 530. The number of rotatable bonds is 2. The Morgan fingerprint density at radius 3 is 3.00 bits per heavy atom. The minimum absolute atomic E-state index is 0.536. The fourth-order valence-electron chi connectivity index (χ4n) is 1.17. The number of isothiocyanates is 1. The molecule has 2 aromatic rings. The Kier molecular flexibility index (Phi) is 3.23. The first-order valence-corrected chi connectivity index (χ1v) is 5.75. The van der Waals surface area contributed by atoms with Gasteiger partial charge < -0.3 is 0 Å². The number of halogens is 1. The molecule has 1 heterocycles. The van der Waals surface area contributed by atoms with Gasteiger partial charge in [-0.2, -0.15) is 4.99 Å². The molecule has 0 aliphatic carbocycles. The predicted octanol–water partition coefficient (Wildman–Crippen LogP) is 4.20. The molecule has 0 bridgehead atoms. The summed E-state index contributed by atoms with van der Waals surface area (Å²) < 4.78 is 0.536. The lowest BCUT2D eigenvalue weighted by Gasteiger charge is -1.96. The molecule has 0 aliphatic heterocycles. The van der Waals surface area contributed by atoms with E-state index in [0.717, 1.165) is 16.9 Å². The topological polar surface area (TPSA) is 25.2 Å². The van der Waals surface area contributed by atoms with Crippen molar-refractivity contribution in [2.45, 2.75) is 0 Å². The number of aliphatic imine (C=N–C) groups is 1. The zero-order valence-electron chi connectivity index (χ0n) is 7.48. The van der Waals surface area contributed by atoms with Crippen LogP contribution in [0.15, 0.2) is 34.6 Å². The summed E-state index contributed by atoms with van der Waals surface area (Å²) in [6.07, 6.45) is 0. The molecule has 0 amide bonds. The minimum Gasteiger partial charge on any atom is -0.225 e. The first-order valence-electron chi connectivity index (χ1n) is 4.09. The van der Waals surface area contributed by atoms with Gasteiger partial charge in [-0.05, 0) is 24.4 Å². The highest BCUT2D eigenvalue weighted by molar-refractivity contribution is 7.78. The van der Waals surface area contributed by atoms with E-state index in [1.165, 1.54) is 11.3 Å². The Balaban J connectivity index is 2.44. The summed E-state index contributed by atoms with van der Waals surface area (Å²) in [6, 6.07) is 7.60. The molecule has 0 aliphatic rings. The van der Waals surface area contributed by atoms with Crippen LogP contribution in [0.5, 0.6) is 0 Å². The molecule has 74 valence electrons. The van der Waals surface area contributed by atoms with Crippen LogP contribution < -0.4 is 0 Å². The van der Waals surface area contributed by atoms with Crippen LogP contribution in [0.3, 0.4) is 0 Å². The van der Waals surface area contributed by atoms with Crippen LogP contribution in [0, 0.1) is 0 Å². The van der Waals surface area contributed by atoms with Gasteiger partial charge in [-0.1, -0.05) is 23.7 Å². The number of nitrogens with zero attached hydrogens (tertiary/aromatic N) is 2. The summed E-state index contributed by atoms with van der Waals surface area (Å²) >= 11 is 11.7.